The highest BCUT2D eigenvalue weighted by molar-refractivity contribution is 9.10. The Kier molecular flexibility index (Phi) is 4.10. The van der Waals surface area contributed by atoms with Gasteiger partial charge >= 0.3 is 0 Å². The van der Waals surface area contributed by atoms with Crippen LogP contribution in [0.25, 0.3) is 0 Å². The molecule has 2 aromatic rings. The molecule has 92 valence electrons. The monoisotopic (exact) mass is 342 g/mol. The normalized spacial score (nSPS) is 10.4. The van der Waals surface area contributed by atoms with E-state index < -0.39 is 0 Å². The Hall–Kier alpha value is -0.830. The number of aryl methyl sites for hydroxylation is 1. The van der Waals surface area contributed by atoms with Crippen molar-refractivity contribution >= 4 is 44.9 Å². The predicted molar refractivity (Wildman–Crippen MR) is 78.8 cm³/mol. The summed E-state index contributed by atoms with van der Waals surface area (Å²) in [4.78, 5) is 12.4. The molecule has 0 heterocycles. The molecule has 0 radical (unpaired) electrons. The van der Waals surface area contributed by atoms with E-state index in [0.717, 1.165) is 10.0 Å². The van der Waals surface area contributed by atoms with Crippen molar-refractivity contribution in [3.63, 3.8) is 0 Å². The molecule has 0 N–H and O–H groups in total. The van der Waals surface area contributed by atoms with Gasteiger partial charge in [0.1, 0.15) is 0 Å². The largest absolute Gasteiger partial charge is 0.289 e. The molecule has 1 nitrogen and oxygen atoms in total. The lowest BCUT2D eigenvalue weighted by molar-refractivity contribution is 0.103. The summed E-state index contributed by atoms with van der Waals surface area (Å²) in [6.07, 6.45) is 0. The third-order valence-corrected chi connectivity index (χ3v) is 4.07. The maximum Gasteiger partial charge on any atom is 0.195 e. The van der Waals surface area contributed by atoms with Gasteiger partial charge in [0.2, 0.25) is 0 Å². The summed E-state index contributed by atoms with van der Waals surface area (Å²) >= 11 is 15.4. The SMILES string of the molecule is Cc1ccc(Br)c(C(=O)c2cccc(Cl)c2Cl)c1. The van der Waals surface area contributed by atoms with Crippen LogP contribution < -0.4 is 0 Å². The first-order chi connectivity index (χ1) is 8.50. The minimum absolute atomic E-state index is 0.141. The van der Waals surface area contributed by atoms with Gasteiger partial charge in [-0.15, -0.1) is 0 Å². The van der Waals surface area contributed by atoms with Crippen molar-refractivity contribution in [1.82, 2.24) is 0 Å². The molecule has 0 fully saturated rings. The van der Waals surface area contributed by atoms with Crippen molar-refractivity contribution in [1.29, 1.82) is 0 Å². The summed E-state index contributed by atoms with van der Waals surface area (Å²) in [5.74, 6) is -0.141. The molecule has 0 aromatic heterocycles. The molecule has 0 unspecified atom stereocenters. The fourth-order valence-corrected chi connectivity index (χ4v) is 2.45. The minimum Gasteiger partial charge on any atom is -0.289 e. The zero-order valence-corrected chi connectivity index (χ0v) is 12.6. The standard InChI is InChI=1S/C14H9BrCl2O/c1-8-5-6-11(15)10(7-8)14(18)9-3-2-4-12(16)13(9)17/h2-7H,1H3. The van der Waals surface area contributed by atoms with Gasteiger partial charge in [0, 0.05) is 15.6 Å². The van der Waals surface area contributed by atoms with Gasteiger partial charge in [-0.05, 0) is 31.2 Å². The van der Waals surface area contributed by atoms with Crippen molar-refractivity contribution in [2.45, 2.75) is 6.92 Å². The highest BCUT2D eigenvalue weighted by Crippen LogP contribution is 2.29. The van der Waals surface area contributed by atoms with Gasteiger partial charge in [-0.25, -0.2) is 0 Å². The quantitative estimate of drug-likeness (QED) is 0.676. The number of benzene rings is 2. The van der Waals surface area contributed by atoms with Gasteiger partial charge in [0.15, 0.2) is 5.78 Å². The van der Waals surface area contributed by atoms with Gasteiger partial charge in [0.25, 0.3) is 0 Å². The Bertz CT molecular complexity index is 619. The molecule has 0 atom stereocenters. The van der Waals surface area contributed by atoms with Crippen LogP contribution in [0.15, 0.2) is 40.9 Å². The van der Waals surface area contributed by atoms with Gasteiger partial charge in [-0.2, -0.15) is 0 Å². The third-order valence-electron chi connectivity index (χ3n) is 2.56. The summed E-state index contributed by atoms with van der Waals surface area (Å²) in [5, 5.41) is 0.670. The van der Waals surface area contributed by atoms with Crippen LogP contribution in [-0.4, -0.2) is 5.78 Å². The van der Waals surface area contributed by atoms with Crippen LogP contribution in [0.1, 0.15) is 21.5 Å². The summed E-state index contributed by atoms with van der Waals surface area (Å²) in [5.41, 5.74) is 2.01. The van der Waals surface area contributed by atoms with E-state index in [0.29, 0.717) is 16.1 Å². The number of carbonyl (C=O) groups excluding carboxylic acids is 1. The van der Waals surface area contributed by atoms with Gasteiger partial charge < -0.3 is 0 Å². The second kappa shape index (κ2) is 5.43. The van der Waals surface area contributed by atoms with E-state index in [1.54, 1.807) is 18.2 Å². The second-order valence-electron chi connectivity index (χ2n) is 3.91. The maximum atomic E-state index is 12.4. The Morgan fingerprint density at radius 3 is 2.56 bits per heavy atom. The van der Waals surface area contributed by atoms with Crippen molar-refractivity contribution in [2.75, 3.05) is 0 Å². The van der Waals surface area contributed by atoms with E-state index in [2.05, 4.69) is 15.9 Å². The van der Waals surface area contributed by atoms with E-state index in [4.69, 9.17) is 23.2 Å². The first kappa shape index (κ1) is 13.6. The number of hydrogen-bond acceptors (Lipinski definition) is 1. The number of halogens is 3. The lowest BCUT2D eigenvalue weighted by Crippen LogP contribution is -2.03. The van der Waals surface area contributed by atoms with E-state index >= 15 is 0 Å². The molecule has 0 spiro atoms. The number of carbonyl (C=O) groups is 1. The van der Waals surface area contributed by atoms with Crippen LogP contribution in [0.5, 0.6) is 0 Å². The Morgan fingerprint density at radius 2 is 1.83 bits per heavy atom. The molecule has 2 aromatic carbocycles. The van der Waals surface area contributed by atoms with Crippen LogP contribution in [-0.2, 0) is 0 Å². The average Bonchev–Trinajstić information content (AvgIpc) is 2.35. The zero-order chi connectivity index (χ0) is 13.3. The minimum atomic E-state index is -0.141. The van der Waals surface area contributed by atoms with Crippen LogP contribution in [0, 0.1) is 6.92 Å². The molecule has 2 rings (SSSR count). The maximum absolute atomic E-state index is 12.4. The van der Waals surface area contributed by atoms with Crippen molar-refractivity contribution in [2.24, 2.45) is 0 Å². The zero-order valence-electron chi connectivity index (χ0n) is 9.51. The van der Waals surface area contributed by atoms with Crippen LogP contribution in [0.2, 0.25) is 10.0 Å². The fourth-order valence-electron chi connectivity index (χ4n) is 1.64. The highest BCUT2D eigenvalue weighted by Gasteiger charge is 2.17. The average molecular weight is 344 g/mol. The lowest BCUT2D eigenvalue weighted by atomic mass is 10.0. The molecule has 0 bridgehead atoms. The van der Waals surface area contributed by atoms with E-state index in [9.17, 15) is 4.79 Å². The molecular weight excluding hydrogens is 335 g/mol. The lowest BCUT2D eigenvalue weighted by Gasteiger charge is -2.07. The molecule has 18 heavy (non-hydrogen) atoms. The van der Waals surface area contributed by atoms with Crippen LogP contribution >= 0.6 is 39.1 Å². The smallest absolute Gasteiger partial charge is 0.195 e. The van der Waals surface area contributed by atoms with Gasteiger partial charge in [0.05, 0.1) is 10.0 Å². The molecule has 0 saturated carbocycles. The first-order valence-corrected chi connectivity index (χ1v) is 6.80. The Balaban J connectivity index is 2.55. The third kappa shape index (κ3) is 2.61. The summed E-state index contributed by atoms with van der Waals surface area (Å²) in [7, 11) is 0. The summed E-state index contributed by atoms with van der Waals surface area (Å²) in [6, 6.07) is 10.6. The second-order valence-corrected chi connectivity index (χ2v) is 5.55. The Morgan fingerprint density at radius 1 is 1.11 bits per heavy atom. The highest BCUT2D eigenvalue weighted by atomic mass is 79.9. The van der Waals surface area contributed by atoms with Crippen molar-refractivity contribution in [3.8, 4) is 0 Å². The molecule has 0 aliphatic heterocycles. The topological polar surface area (TPSA) is 17.1 Å². The fraction of sp³-hybridized carbons (Fsp3) is 0.0714. The van der Waals surface area contributed by atoms with E-state index in [-0.39, 0.29) is 10.8 Å². The first-order valence-electron chi connectivity index (χ1n) is 5.25. The van der Waals surface area contributed by atoms with Crippen LogP contribution in [0.4, 0.5) is 0 Å². The summed E-state index contributed by atoms with van der Waals surface area (Å²) < 4.78 is 0.745. The van der Waals surface area contributed by atoms with Crippen molar-refractivity contribution in [3.05, 3.63) is 67.6 Å². The van der Waals surface area contributed by atoms with E-state index in [1.165, 1.54) is 0 Å². The van der Waals surface area contributed by atoms with Gasteiger partial charge in [-0.1, -0.05) is 56.8 Å². The Labute approximate surface area is 124 Å². The molecule has 0 aliphatic rings. The molecular formula is C14H9BrCl2O. The predicted octanol–water partition coefficient (Wildman–Crippen LogP) is 5.30. The van der Waals surface area contributed by atoms with Gasteiger partial charge in [-0.3, -0.25) is 4.79 Å². The molecule has 0 amide bonds. The summed E-state index contributed by atoms with van der Waals surface area (Å²) in [6.45, 7) is 1.93. The molecule has 0 saturated heterocycles. The number of rotatable bonds is 2. The molecule has 0 aliphatic carbocycles. The van der Waals surface area contributed by atoms with Crippen LogP contribution in [0.3, 0.4) is 0 Å². The molecule has 4 heteroatoms. The van der Waals surface area contributed by atoms with E-state index in [1.807, 2.05) is 25.1 Å². The van der Waals surface area contributed by atoms with Crippen molar-refractivity contribution < 1.29 is 4.79 Å². The number of hydrogen-bond donors (Lipinski definition) is 0. The number of ketones is 1.